The fourth-order valence-corrected chi connectivity index (χ4v) is 3.17. The van der Waals surface area contributed by atoms with E-state index in [2.05, 4.69) is 15.4 Å². The summed E-state index contributed by atoms with van der Waals surface area (Å²) in [4.78, 5) is 0. The van der Waals surface area contributed by atoms with Gasteiger partial charge in [-0.1, -0.05) is 5.21 Å². The maximum Gasteiger partial charge on any atom is 0.139 e. The summed E-state index contributed by atoms with van der Waals surface area (Å²) in [6.45, 7) is 4.47. The first kappa shape index (κ1) is 19.0. The van der Waals surface area contributed by atoms with Gasteiger partial charge < -0.3 is 10.5 Å². The van der Waals surface area contributed by atoms with Crippen molar-refractivity contribution in [2.75, 3.05) is 0 Å². The van der Waals surface area contributed by atoms with Gasteiger partial charge in [0.1, 0.15) is 34.7 Å². The highest BCUT2D eigenvalue weighted by molar-refractivity contribution is 5.77. The third kappa shape index (κ3) is 3.81. The smallest absolute Gasteiger partial charge is 0.139 e. The van der Waals surface area contributed by atoms with E-state index in [9.17, 15) is 8.78 Å². The molecule has 9 heteroatoms. The van der Waals surface area contributed by atoms with E-state index in [-0.39, 0.29) is 0 Å². The number of ether oxygens (including phenoxy) is 1. The molecule has 2 aromatic carbocycles. The number of aryl methyl sites for hydroxylation is 1. The standard InChI is InChI=1S/C20H20F2N6O/c1-3-27-11-16(10-24-27)28-19-5-4-17(9-18(19)25-26-28)29-20(12(2)23)13-6-14(21)8-15(22)7-13/h4-12,20H,3,23H2,1-2H3/t12-,20-/m0/s1. The maximum atomic E-state index is 13.6. The van der Waals surface area contributed by atoms with Crippen LogP contribution in [0.4, 0.5) is 8.78 Å². The van der Waals surface area contributed by atoms with Crippen molar-refractivity contribution in [2.24, 2.45) is 5.73 Å². The normalized spacial score (nSPS) is 13.6. The molecule has 0 unspecified atom stereocenters. The van der Waals surface area contributed by atoms with Crippen molar-refractivity contribution in [2.45, 2.75) is 32.5 Å². The average Bonchev–Trinajstić information content (AvgIpc) is 3.31. The van der Waals surface area contributed by atoms with Crippen LogP contribution in [-0.2, 0) is 6.54 Å². The molecule has 0 radical (unpaired) electrons. The topological polar surface area (TPSA) is 83.8 Å². The molecule has 2 heterocycles. The second-order valence-corrected chi connectivity index (χ2v) is 6.81. The molecule has 0 bridgehead atoms. The number of halogens is 2. The number of rotatable bonds is 6. The summed E-state index contributed by atoms with van der Waals surface area (Å²) in [5, 5.41) is 12.6. The Morgan fingerprint density at radius 1 is 1.14 bits per heavy atom. The zero-order valence-corrected chi connectivity index (χ0v) is 16.0. The van der Waals surface area contributed by atoms with Crippen LogP contribution < -0.4 is 10.5 Å². The summed E-state index contributed by atoms with van der Waals surface area (Å²) >= 11 is 0. The Morgan fingerprint density at radius 3 is 2.55 bits per heavy atom. The number of aromatic nitrogens is 5. The van der Waals surface area contributed by atoms with Gasteiger partial charge in [0.2, 0.25) is 0 Å². The van der Waals surface area contributed by atoms with Gasteiger partial charge in [0.25, 0.3) is 0 Å². The van der Waals surface area contributed by atoms with E-state index in [1.807, 2.05) is 19.2 Å². The van der Waals surface area contributed by atoms with Gasteiger partial charge in [-0.15, -0.1) is 5.10 Å². The molecular weight excluding hydrogens is 378 g/mol. The molecule has 0 fully saturated rings. The Hall–Kier alpha value is -3.33. The van der Waals surface area contributed by atoms with Crippen LogP contribution in [0.5, 0.6) is 5.75 Å². The Kier molecular flexibility index (Phi) is 4.98. The number of nitrogens with two attached hydrogens (primary N) is 1. The number of fused-ring (bicyclic) bond motifs is 1. The van der Waals surface area contributed by atoms with E-state index < -0.39 is 23.8 Å². The lowest BCUT2D eigenvalue weighted by molar-refractivity contribution is 0.180. The Morgan fingerprint density at radius 2 is 1.90 bits per heavy atom. The van der Waals surface area contributed by atoms with E-state index in [1.165, 1.54) is 12.1 Å². The molecule has 0 aliphatic heterocycles. The molecule has 0 spiro atoms. The Bertz CT molecular complexity index is 1130. The van der Waals surface area contributed by atoms with Crippen molar-refractivity contribution in [3.05, 3.63) is 66.0 Å². The minimum Gasteiger partial charge on any atom is -0.484 e. The van der Waals surface area contributed by atoms with Crippen LogP contribution in [0, 0.1) is 11.6 Å². The first-order valence-corrected chi connectivity index (χ1v) is 9.21. The molecule has 2 aromatic heterocycles. The van der Waals surface area contributed by atoms with E-state index in [4.69, 9.17) is 10.5 Å². The van der Waals surface area contributed by atoms with Gasteiger partial charge in [-0.05, 0) is 43.7 Å². The quantitative estimate of drug-likeness (QED) is 0.538. The number of hydrogen-bond acceptors (Lipinski definition) is 5. The molecule has 0 amide bonds. The minimum atomic E-state index is -0.726. The zero-order chi connectivity index (χ0) is 20.5. The number of nitrogens with zero attached hydrogens (tertiary/aromatic N) is 5. The SMILES string of the molecule is CCn1cc(-n2nnc3cc(O[C@H](c4cc(F)cc(F)c4)[C@H](C)N)ccc32)cn1. The van der Waals surface area contributed by atoms with Crippen LogP contribution in [0.3, 0.4) is 0 Å². The van der Waals surface area contributed by atoms with E-state index in [0.29, 0.717) is 16.8 Å². The monoisotopic (exact) mass is 398 g/mol. The van der Waals surface area contributed by atoms with Crippen LogP contribution in [0.15, 0.2) is 48.8 Å². The van der Waals surface area contributed by atoms with Crippen LogP contribution in [0.1, 0.15) is 25.5 Å². The zero-order valence-electron chi connectivity index (χ0n) is 16.0. The van der Waals surface area contributed by atoms with Gasteiger partial charge in [-0.2, -0.15) is 5.10 Å². The fourth-order valence-electron chi connectivity index (χ4n) is 3.17. The second-order valence-electron chi connectivity index (χ2n) is 6.81. The molecule has 0 aliphatic carbocycles. The molecular formula is C20H20F2N6O. The second kappa shape index (κ2) is 7.59. The molecule has 150 valence electrons. The lowest BCUT2D eigenvalue weighted by Gasteiger charge is -2.23. The fraction of sp³-hybridized carbons (Fsp3) is 0.250. The van der Waals surface area contributed by atoms with Crippen LogP contribution in [-0.4, -0.2) is 30.8 Å². The van der Waals surface area contributed by atoms with Gasteiger partial charge in [-0.25, -0.2) is 13.5 Å². The van der Waals surface area contributed by atoms with Gasteiger partial charge in [0.15, 0.2) is 0 Å². The van der Waals surface area contributed by atoms with Crippen molar-refractivity contribution in [1.82, 2.24) is 24.8 Å². The summed E-state index contributed by atoms with van der Waals surface area (Å²) in [6.07, 6.45) is 2.87. The van der Waals surface area contributed by atoms with Crippen molar-refractivity contribution < 1.29 is 13.5 Å². The highest BCUT2D eigenvalue weighted by Crippen LogP contribution is 2.28. The first-order chi connectivity index (χ1) is 13.9. The highest BCUT2D eigenvalue weighted by Gasteiger charge is 2.21. The summed E-state index contributed by atoms with van der Waals surface area (Å²) < 4.78 is 36.7. The molecule has 2 atom stereocenters. The van der Waals surface area contributed by atoms with E-state index in [0.717, 1.165) is 23.8 Å². The maximum absolute atomic E-state index is 13.6. The first-order valence-electron chi connectivity index (χ1n) is 9.21. The Labute approximate surface area is 165 Å². The van der Waals surface area contributed by atoms with Gasteiger partial charge in [0, 0.05) is 24.7 Å². The Balaban J connectivity index is 1.65. The van der Waals surface area contributed by atoms with Gasteiger partial charge in [-0.3, -0.25) is 4.68 Å². The molecule has 7 nitrogen and oxygen atoms in total. The van der Waals surface area contributed by atoms with E-state index in [1.54, 1.807) is 34.6 Å². The third-order valence-electron chi connectivity index (χ3n) is 4.56. The van der Waals surface area contributed by atoms with Crippen molar-refractivity contribution >= 4 is 11.0 Å². The molecule has 0 aliphatic rings. The van der Waals surface area contributed by atoms with Crippen LogP contribution in [0.2, 0.25) is 0 Å². The van der Waals surface area contributed by atoms with Gasteiger partial charge >= 0.3 is 0 Å². The molecule has 4 aromatic rings. The van der Waals surface area contributed by atoms with Crippen LogP contribution in [0.25, 0.3) is 16.7 Å². The summed E-state index contributed by atoms with van der Waals surface area (Å²) in [5.41, 5.74) is 8.53. The highest BCUT2D eigenvalue weighted by atomic mass is 19.1. The predicted octanol–water partition coefficient (Wildman–Crippen LogP) is 3.38. The summed E-state index contributed by atoms with van der Waals surface area (Å²) in [5.74, 6) is -0.888. The van der Waals surface area contributed by atoms with Gasteiger partial charge in [0.05, 0.1) is 17.9 Å². The lowest BCUT2D eigenvalue weighted by atomic mass is 10.0. The molecule has 29 heavy (non-hydrogen) atoms. The average molecular weight is 398 g/mol. The third-order valence-corrected chi connectivity index (χ3v) is 4.56. The molecule has 0 saturated heterocycles. The molecule has 2 N–H and O–H groups in total. The number of benzene rings is 2. The largest absolute Gasteiger partial charge is 0.484 e. The minimum absolute atomic E-state index is 0.327. The van der Waals surface area contributed by atoms with Crippen molar-refractivity contribution in [3.8, 4) is 11.4 Å². The summed E-state index contributed by atoms with van der Waals surface area (Å²) in [7, 11) is 0. The predicted molar refractivity (Wildman–Crippen MR) is 104 cm³/mol. The molecule has 0 saturated carbocycles. The van der Waals surface area contributed by atoms with Crippen molar-refractivity contribution in [3.63, 3.8) is 0 Å². The van der Waals surface area contributed by atoms with Crippen molar-refractivity contribution in [1.29, 1.82) is 0 Å². The lowest BCUT2D eigenvalue weighted by Crippen LogP contribution is -2.29. The summed E-state index contributed by atoms with van der Waals surface area (Å²) in [6, 6.07) is 8.04. The van der Waals surface area contributed by atoms with Crippen LogP contribution >= 0.6 is 0 Å². The molecule has 4 rings (SSSR count). The number of hydrogen-bond donors (Lipinski definition) is 1. The van der Waals surface area contributed by atoms with E-state index >= 15 is 0 Å².